The van der Waals surface area contributed by atoms with Crippen molar-refractivity contribution in [2.24, 2.45) is 16.3 Å². The largest absolute Gasteiger partial charge is 0.453 e. The van der Waals surface area contributed by atoms with E-state index in [9.17, 15) is 4.79 Å². The summed E-state index contributed by atoms with van der Waals surface area (Å²) < 4.78 is 10.6. The minimum Gasteiger partial charge on any atom is -0.453 e. The normalized spacial score (nSPS) is 20.4. The molecule has 0 radical (unpaired) electrons. The monoisotopic (exact) mass is 390 g/mol. The van der Waals surface area contributed by atoms with Crippen molar-refractivity contribution in [1.82, 2.24) is 10.6 Å². The topological polar surface area (TPSA) is 84.0 Å². The van der Waals surface area contributed by atoms with Gasteiger partial charge in [0.1, 0.15) is 0 Å². The van der Waals surface area contributed by atoms with Crippen molar-refractivity contribution in [3.8, 4) is 0 Å². The molecule has 2 atom stereocenters. The molecule has 0 bridgehead atoms. The molecule has 1 fully saturated rings. The molecule has 1 aliphatic heterocycles. The lowest BCUT2D eigenvalue weighted by atomic mass is 9.78. The minimum absolute atomic E-state index is 0.129. The molecule has 1 heterocycles. The Kier molecular flexibility index (Phi) is 8.11. The molecule has 0 aromatic heterocycles. The molecule has 1 amide bonds. The van der Waals surface area contributed by atoms with E-state index in [2.05, 4.69) is 46.5 Å². The number of anilines is 1. The first-order valence-electron chi connectivity index (χ1n) is 9.83. The number of carbonyl (C=O) groups is 1. The van der Waals surface area contributed by atoms with Crippen LogP contribution in [0, 0.1) is 11.3 Å². The molecule has 156 valence electrons. The van der Waals surface area contributed by atoms with Crippen LogP contribution in [0.4, 0.5) is 10.5 Å². The van der Waals surface area contributed by atoms with Crippen molar-refractivity contribution in [2.45, 2.75) is 46.3 Å². The van der Waals surface area contributed by atoms with Gasteiger partial charge in [-0.05, 0) is 36.0 Å². The number of hydrogen-bond acceptors (Lipinski definition) is 4. The Morgan fingerprint density at radius 3 is 2.57 bits per heavy atom. The van der Waals surface area contributed by atoms with Gasteiger partial charge in [0.05, 0.1) is 13.2 Å². The van der Waals surface area contributed by atoms with Crippen LogP contribution in [0.1, 0.15) is 39.2 Å². The van der Waals surface area contributed by atoms with Crippen LogP contribution >= 0.6 is 0 Å². The van der Waals surface area contributed by atoms with E-state index in [0.717, 1.165) is 31.1 Å². The van der Waals surface area contributed by atoms with E-state index in [4.69, 9.17) is 4.74 Å². The average molecular weight is 391 g/mol. The first-order valence-corrected chi connectivity index (χ1v) is 9.83. The number of aliphatic imine (C=N–C) groups is 1. The third-order valence-corrected chi connectivity index (χ3v) is 4.90. The second kappa shape index (κ2) is 10.3. The zero-order valence-corrected chi connectivity index (χ0v) is 17.7. The van der Waals surface area contributed by atoms with Gasteiger partial charge in [0.2, 0.25) is 0 Å². The molecule has 2 rings (SSSR count). The molecule has 7 nitrogen and oxygen atoms in total. The lowest BCUT2D eigenvalue weighted by Gasteiger charge is -2.40. The number of methoxy groups -OCH3 is 1. The van der Waals surface area contributed by atoms with E-state index < -0.39 is 6.09 Å². The molecule has 7 heteroatoms. The number of amides is 1. The maximum Gasteiger partial charge on any atom is 0.411 e. The third-order valence-electron chi connectivity index (χ3n) is 4.90. The molecule has 28 heavy (non-hydrogen) atoms. The number of nitrogens with one attached hydrogen (secondary N) is 3. The summed E-state index contributed by atoms with van der Waals surface area (Å²) in [5, 5.41) is 9.42. The van der Waals surface area contributed by atoms with E-state index in [1.807, 2.05) is 24.3 Å². The smallest absolute Gasteiger partial charge is 0.411 e. The van der Waals surface area contributed by atoms with Crippen molar-refractivity contribution in [3.63, 3.8) is 0 Å². The van der Waals surface area contributed by atoms with Crippen molar-refractivity contribution < 1.29 is 14.3 Å². The van der Waals surface area contributed by atoms with Gasteiger partial charge in [0.15, 0.2) is 5.96 Å². The van der Waals surface area contributed by atoms with E-state index in [1.54, 1.807) is 7.05 Å². The number of rotatable bonds is 5. The van der Waals surface area contributed by atoms with Crippen LogP contribution in [0.2, 0.25) is 0 Å². The highest BCUT2D eigenvalue weighted by Crippen LogP contribution is 2.33. The summed E-state index contributed by atoms with van der Waals surface area (Å²) in [5.41, 5.74) is 1.92. The number of carbonyl (C=O) groups excluding carboxylic acids is 1. The van der Waals surface area contributed by atoms with Gasteiger partial charge in [-0.25, -0.2) is 4.79 Å². The second-order valence-electron chi connectivity index (χ2n) is 8.18. The summed E-state index contributed by atoms with van der Waals surface area (Å²) in [6.45, 7) is 9.04. The highest BCUT2D eigenvalue weighted by molar-refractivity contribution is 5.84. The molecule has 3 N–H and O–H groups in total. The van der Waals surface area contributed by atoms with Crippen LogP contribution in [0.5, 0.6) is 0 Å². The molecule has 0 spiro atoms. The molecular weight excluding hydrogens is 356 g/mol. The quantitative estimate of drug-likeness (QED) is 0.530. The summed E-state index contributed by atoms with van der Waals surface area (Å²) >= 11 is 0. The van der Waals surface area contributed by atoms with Crippen LogP contribution in [0.3, 0.4) is 0 Å². The summed E-state index contributed by atoms with van der Waals surface area (Å²) in [6.07, 6.45) is 2.05. The fraction of sp³-hybridized carbons (Fsp3) is 0.619. The molecule has 1 saturated heterocycles. The summed E-state index contributed by atoms with van der Waals surface area (Å²) in [4.78, 5) is 15.6. The van der Waals surface area contributed by atoms with Crippen molar-refractivity contribution >= 4 is 17.7 Å². The summed E-state index contributed by atoms with van der Waals surface area (Å²) in [6, 6.07) is 7.60. The highest BCUT2D eigenvalue weighted by atomic mass is 16.5. The fourth-order valence-corrected chi connectivity index (χ4v) is 3.52. The van der Waals surface area contributed by atoms with Crippen LogP contribution in [0.25, 0.3) is 0 Å². The number of hydrogen-bond donors (Lipinski definition) is 3. The Hall–Kier alpha value is -2.28. The molecule has 1 aromatic carbocycles. The number of nitrogens with zero attached hydrogens (tertiary/aromatic N) is 1. The zero-order valence-electron chi connectivity index (χ0n) is 17.7. The minimum atomic E-state index is -0.476. The van der Waals surface area contributed by atoms with Gasteiger partial charge in [-0.2, -0.15) is 0 Å². The van der Waals surface area contributed by atoms with Crippen molar-refractivity contribution in [1.29, 1.82) is 0 Å². The summed E-state index contributed by atoms with van der Waals surface area (Å²) in [7, 11) is 3.12. The van der Waals surface area contributed by atoms with Gasteiger partial charge in [-0.1, -0.05) is 32.9 Å². The maximum atomic E-state index is 11.2. The van der Waals surface area contributed by atoms with Crippen LogP contribution in [0.15, 0.2) is 29.3 Å². The lowest BCUT2D eigenvalue weighted by molar-refractivity contribution is -0.0835. The van der Waals surface area contributed by atoms with Gasteiger partial charge in [-0.3, -0.25) is 10.3 Å². The first-order chi connectivity index (χ1) is 13.3. The first kappa shape index (κ1) is 22.0. The maximum absolute atomic E-state index is 11.2. The Balaban J connectivity index is 1.83. The SMILES string of the molecule is CN=C(NCc1ccc(NC(=O)OC)cc1)NCC1CCCOC1C(C)(C)C. The van der Waals surface area contributed by atoms with E-state index >= 15 is 0 Å². The molecule has 1 aliphatic rings. The van der Waals surface area contributed by atoms with E-state index in [-0.39, 0.29) is 11.5 Å². The Labute approximate surface area is 168 Å². The van der Waals surface area contributed by atoms with Gasteiger partial charge in [0.25, 0.3) is 0 Å². The predicted molar refractivity (Wildman–Crippen MR) is 113 cm³/mol. The zero-order chi connectivity index (χ0) is 20.6. The molecule has 1 aromatic rings. The Morgan fingerprint density at radius 2 is 1.96 bits per heavy atom. The fourth-order valence-electron chi connectivity index (χ4n) is 3.52. The van der Waals surface area contributed by atoms with E-state index in [1.165, 1.54) is 13.5 Å². The van der Waals surface area contributed by atoms with Gasteiger partial charge in [0, 0.05) is 38.3 Å². The lowest BCUT2D eigenvalue weighted by Crippen LogP contribution is -2.47. The third kappa shape index (κ3) is 6.71. The predicted octanol–water partition coefficient (Wildman–Crippen LogP) is 3.37. The van der Waals surface area contributed by atoms with Crippen LogP contribution < -0.4 is 16.0 Å². The number of guanidine groups is 1. The molecule has 2 unspecified atom stereocenters. The number of benzene rings is 1. The van der Waals surface area contributed by atoms with Crippen LogP contribution in [-0.4, -0.2) is 45.5 Å². The van der Waals surface area contributed by atoms with Crippen molar-refractivity contribution in [3.05, 3.63) is 29.8 Å². The van der Waals surface area contributed by atoms with Crippen LogP contribution in [-0.2, 0) is 16.0 Å². The van der Waals surface area contributed by atoms with E-state index in [0.29, 0.717) is 18.2 Å². The Morgan fingerprint density at radius 1 is 1.25 bits per heavy atom. The van der Waals surface area contributed by atoms with Gasteiger partial charge >= 0.3 is 6.09 Å². The molecular formula is C21H34N4O3. The van der Waals surface area contributed by atoms with Gasteiger partial charge < -0.3 is 20.1 Å². The molecule has 0 aliphatic carbocycles. The van der Waals surface area contributed by atoms with Gasteiger partial charge in [-0.15, -0.1) is 0 Å². The summed E-state index contributed by atoms with van der Waals surface area (Å²) in [5.74, 6) is 1.24. The molecule has 0 saturated carbocycles. The van der Waals surface area contributed by atoms with Crippen molar-refractivity contribution in [2.75, 3.05) is 32.6 Å². The number of ether oxygens (including phenoxy) is 2. The standard InChI is InChI=1S/C21H34N4O3/c1-21(2,3)18-16(7-6-12-28-18)14-24-19(22-4)23-13-15-8-10-17(11-9-15)25-20(26)27-5/h8-11,16,18H,6-7,12-14H2,1-5H3,(H,25,26)(H2,22,23,24). The second-order valence-corrected chi connectivity index (χ2v) is 8.18. The highest BCUT2D eigenvalue weighted by Gasteiger charge is 2.35. The Bertz CT molecular complexity index is 653. The average Bonchev–Trinajstić information content (AvgIpc) is 2.68.